The van der Waals surface area contributed by atoms with Gasteiger partial charge in [-0.05, 0) is 63.9 Å². The van der Waals surface area contributed by atoms with Crippen molar-refractivity contribution < 1.29 is 9.84 Å². The SMILES string of the molecule is CCOc1ccc(CCN(C)CCCCO)cc1C. The molecule has 1 aromatic carbocycles. The number of rotatable bonds is 9. The molecule has 1 aromatic rings. The van der Waals surface area contributed by atoms with Crippen LogP contribution in [-0.2, 0) is 6.42 Å². The van der Waals surface area contributed by atoms with Gasteiger partial charge in [0, 0.05) is 13.2 Å². The molecule has 0 spiro atoms. The minimum atomic E-state index is 0.298. The highest BCUT2D eigenvalue weighted by Gasteiger charge is 2.03. The zero-order valence-corrected chi connectivity index (χ0v) is 12.5. The van der Waals surface area contributed by atoms with Crippen LogP contribution in [0.1, 0.15) is 30.9 Å². The monoisotopic (exact) mass is 265 g/mol. The second-order valence-electron chi connectivity index (χ2n) is 5.02. The lowest BCUT2D eigenvalue weighted by Crippen LogP contribution is -2.22. The summed E-state index contributed by atoms with van der Waals surface area (Å²) in [4.78, 5) is 2.32. The lowest BCUT2D eigenvalue weighted by atomic mass is 10.1. The van der Waals surface area contributed by atoms with E-state index in [4.69, 9.17) is 9.84 Å². The molecule has 0 amide bonds. The van der Waals surface area contributed by atoms with Crippen molar-refractivity contribution in [1.29, 1.82) is 0 Å². The van der Waals surface area contributed by atoms with Crippen molar-refractivity contribution in [2.75, 3.05) is 33.4 Å². The Balaban J connectivity index is 2.38. The van der Waals surface area contributed by atoms with Crippen molar-refractivity contribution in [3.63, 3.8) is 0 Å². The Hall–Kier alpha value is -1.06. The molecular formula is C16H27NO2. The minimum absolute atomic E-state index is 0.298. The largest absolute Gasteiger partial charge is 0.494 e. The Morgan fingerprint density at radius 2 is 2.00 bits per heavy atom. The van der Waals surface area contributed by atoms with E-state index >= 15 is 0 Å². The van der Waals surface area contributed by atoms with E-state index in [-0.39, 0.29) is 0 Å². The lowest BCUT2D eigenvalue weighted by Gasteiger charge is -2.16. The van der Waals surface area contributed by atoms with Gasteiger partial charge in [0.25, 0.3) is 0 Å². The fourth-order valence-corrected chi connectivity index (χ4v) is 2.11. The quantitative estimate of drug-likeness (QED) is 0.697. The van der Waals surface area contributed by atoms with Crippen LogP contribution in [0.15, 0.2) is 18.2 Å². The van der Waals surface area contributed by atoms with Gasteiger partial charge in [-0.2, -0.15) is 0 Å². The minimum Gasteiger partial charge on any atom is -0.494 e. The first-order chi connectivity index (χ1) is 9.17. The number of aliphatic hydroxyl groups is 1. The predicted octanol–water partition coefficient (Wildman–Crippen LogP) is 2.64. The summed E-state index contributed by atoms with van der Waals surface area (Å²) in [5, 5.41) is 8.76. The maximum Gasteiger partial charge on any atom is 0.122 e. The molecule has 0 aliphatic rings. The number of aryl methyl sites for hydroxylation is 1. The number of aliphatic hydroxyl groups excluding tert-OH is 1. The van der Waals surface area contributed by atoms with Gasteiger partial charge in [-0.15, -0.1) is 0 Å². The molecule has 3 heteroatoms. The molecule has 0 saturated carbocycles. The second-order valence-corrected chi connectivity index (χ2v) is 5.02. The Morgan fingerprint density at radius 3 is 2.63 bits per heavy atom. The maximum absolute atomic E-state index is 8.76. The van der Waals surface area contributed by atoms with Crippen LogP contribution in [0.2, 0.25) is 0 Å². The van der Waals surface area contributed by atoms with Gasteiger partial charge in [-0.3, -0.25) is 0 Å². The molecule has 0 unspecified atom stereocenters. The van der Waals surface area contributed by atoms with E-state index < -0.39 is 0 Å². The van der Waals surface area contributed by atoms with Crippen molar-refractivity contribution in [2.24, 2.45) is 0 Å². The van der Waals surface area contributed by atoms with Crippen LogP contribution in [0.4, 0.5) is 0 Å². The molecule has 0 aliphatic carbocycles. The van der Waals surface area contributed by atoms with E-state index in [0.29, 0.717) is 13.2 Å². The molecular weight excluding hydrogens is 238 g/mol. The summed E-state index contributed by atoms with van der Waals surface area (Å²) in [5.41, 5.74) is 2.57. The smallest absolute Gasteiger partial charge is 0.122 e. The molecule has 3 nitrogen and oxygen atoms in total. The van der Waals surface area contributed by atoms with Crippen LogP contribution in [0.3, 0.4) is 0 Å². The highest BCUT2D eigenvalue weighted by atomic mass is 16.5. The Morgan fingerprint density at radius 1 is 1.21 bits per heavy atom. The van der Waals surface area contributed by atoms with Gasteiger partial charge < -0.3 is 14.7 Å². The van der Waals surface area contributed by atoms with E-state index in [9.17, 15) is 0 Å². The van der Waals surface area contributed by atoms with Crippen LogP contribution >= 0.6 is 0 Å². The second kappa shape index (κ2) is 8.94. The highest BCUT2D eigenvalue weighted by molar-refractivity contribution is 5.36. The molecule has 0 aromatic heterocycles. The van der Waals surface area contributed by atoms with Gasteiger partial charge in [-0.25, -0.2) is 0 Å². The Labute approximate surface area is 117 Å². The molecule has 108 valence electrons. The number of nitrogens with zero attached hydrogens (tertiary/aromatic N) is 1. The first kappa shape index (κ1) is 16.0. The summed E-state index contributed by atoms with van der Waals surface area (Å²) < 4.78 is 5.55. The molecule has 0 saturated heterocycles. The van der Waals surface area contributed by atoms with Gasteiger partial charge in [0.05, 0.1) is 6.61 Å². The molecule has 19 heavy (non-hydrogen) atoms. The third-order valence-corrected chi connectivity index (χ3v) is 3.27. The van der Waals surface area contributed by atoms with Crippen molar-refractivity contribution in [1.82, 2.24) is 4.90 Å². The topological polar surface area (TPSA) is 32.7 Å². The van der Waals surface area contributed by atoms with E-state index in [1.165, 1.54) is 11.1 Å². The van der Waals surface area contributed by atoms with Crippen LogP contribution < -0.4 is 4.74 Å². The van der Waals surface area contributed by atoms with Crippen molar-refractivity contribution >= 4 is 0 Å². The maximum atomic E-state index is 8.76. The number of hydrogen-bond acceptors (Lipinski definition) is 3. The molecule has 0 radical (unpaired) electrons. The van der Waals surface area contributed by atoms with Crippen molar-refractivity contribution in [3.8, 4) is 5.75 Å². The molecule has 0 aliphatic heterocycles. The number of likely N-dealkylation sites (N-methyl/N-ethyl adjacent to an activating group) is 1. The van der Waals surface area contributed by atoms with Gasteiger partial charge in [0.15, 0.2) is 0 Å². The van der Waals surface area contributed by atoms with Gasteiger partial charge in [0.1, 0.15) is 5.75 Å². The van der Waals surface area contributed by atoms with Crippen LogP contribution in [0.25, 0.3) is 0 Å². The Kier molecular flexibility index (Phi) is 7.53. The average Bonchev–Trinajstić information content (AvgIpc) is 2.40. The first-order valence-corrected chi connectivity index (χ1v) is 7.19. The third kappa shape index (κ3) is 6.08. The zero-order valence-electron chi connectivity index (χ0n) is 12.5. The van der Waals surface area contributed by atoms with E-state index in [2.05, 4.69) is 37.1 Å². The summed E-state index contributed by atoms with van der Waals surface area (Å²) in [6.07, 6.45) is 3.02. The summed E-state index contributed by atoms with van der Waals surface area (Å²) in [7, 11) is 2.14. The Bertz CT molecular complexity index is 366. The summed E-state index contributed by atoms with van der Waals surface area (Å²) in [6, 6.07) is 6.44. The standard InChI is InChI=1S/C16H27NO2/c1-4-19-16-8-7-15(13-14(16)2)9-11-17(3)10-5-6-12-18/h7-8,13,18H,4-6,9-12H2,1-3H3. The van der Waals surface area contributed by atoms with Crippen molar-refractivity contribution in [2.45, 2.75) is 33.1 Å². The summed E-state index contributed by atoms with van der Waals surface area (Å²) in [5.74, 6) is 0.988. The fourth-order valence-electron chi connectivity index (χ4n) is 2.11. The van der Waals surface area contributed by atoms with Crippen LogP contribution in [0.5, 0.6) is 5.75 Å². The summed E-state index contributed by atoms with van der Waals surface area (Å²) in [6.45, 7) is 7.23. The average molecular weight is 265 g/mol. The van der Waals surface area contributed by atoms with Gasteiger partial charge >= 0.3 is 0 Å². The van der Waals surface area contributed by atoms with Gasteiger partial charge in [-0.1, -0.05) is 12.1 Å². The molecule has 0 fully saturated rings. The first-order valence-electron chi connectivity index (χ1n) is 7.19. The van der Waals surface area contributed by atoms with E-state index in [0.717, 1.165) is 38.1 Å². The van der Waals surface area contributed by atoms with Crippen LogP contribution in [-0.4, -0.2) is 43.4 Å². The van der Waals surface area contributed by atoms with E-state index in [1.54, 1.807) is 0 Å². The lowest BCUT2D eigenvalue weighted by molar-refractivity contribution is 0.264. The van der Waals surface area contributed by atoms with Crippen molar-refractivity contribution in [3.05, 3.63) is 29.3 Å². The molecule has 1 rings (SSSR count). The summed E-state index contributed by atoms with van der Waals surface area (Å²) >= 11 is 0. The number of hydrogen-bond donors (Lipinski definition) is 1. The number of unbranched alkanes of at least 4 members (excludes halogenated alkanes) is 1. The number of ether oxygens (including phenoxy) is 1. The molecule has 1 N–H and O–H groups in total. The normalized spacial score (nSPS) is 11.0. The fraction of sp³-hybridized carbons (Fsp3) is 0.625. The highest BCUT2D eigenvalue weighted by Crippen LogP contribution is 2.19. The third-order valence-electron chi connectivity index (χ3n) is 3.27. The molecule has 0 heterocycles. The number of benzene rings is 1. The predicted molar refractivity (Wildman–Crippen MR) is 79.9 cm³/mol. The van der Waals surface area contributed by atoms with Gasteiger partial charge in [0.2, 0.25) is 0 Å². The molecule has 0 atom stereocenters. The zero-order chi connectivity index (χ0) is 14.1. The van der Waals surface area contributed by atoms with Crippen LogP contribution in [0, 0.1) is 6.92 Å². The molecule has 0 bridgehead atoms. The van der Waals surface area contributed by atoms with E-state index in [1.807, 2.05) is 6.92 Å².